The second-order valence-electron chi connectivity index (χ2n) is 5.50. The van der Waals surface area contributed by atoms with E-state index in [1.54, 1.807) is 0 Å². The van der Waals surface area contributed by atoms with Gasteiger partial charge in [0, 0.05) is 11.8 Å². The van der Waals surface area contributed by atoms with Crippen molar-refractivity contribution in [1.82, 2.24) is 5.32 Å². The van der Waals surface area contributed by atoms with Crippen molar-refractivity contribution in [2.24, 2.45) is 5.92 Å². The topological polar surface area (TPSA) is 12.0 Å². The zero-order valence-corrected chi connectivity index (χ0v) is 11.4. The van der Waals surface area contributed by atoms with E-state index in [0.717, 1.165) is 11.2 Å². The third-order valence-electron chi connectivity index (χ3n) is 4.05. The fraction of sp³-hybridized carbons (Fsp3) is 1.00. The van der Waals surface area contributed by atoms with Crippen molar-refractivity contribution in [3.63, 3.8) is 0 Å². The summed E-state index contributed by atoms with van der Waals surface area (Å²) in [6, 6.07) is 0. The fourth-order valence-corrected chi connectivity index (χ4v) is 4.26. The van der Waals surface area contributed by atoms with Gasteiger partial charge in [-0.05, 0) is 43.9 Å². The van der Waals surface area contributed by atoms with Crippen molar-refractivity contribution < 1.29 is 0 Å². The average Bonchev–Trinajstić information content (AvgIpc) is 2.59. The first-order chi connectivity index (χ1) is 7.95. The van der Waals surface area contributed by atoms with Gasteiger partial charge in [-0.25, -0.2) is 0 Å². The highest BCUT2D eigenvalue weighted by Gasteiger charge is 2.15. The van der Waals surface area contributed by atoms with E-state index in [1.807, 2.05) is 0 Å². The molecule has 1 aliphatic heterocycles. The van der Waals surface area contributed by atoms with Crippen LogP contribution in [0.25, 0.3) is 0 Å². The normalized spacial score (nSPS) is 28.9. The Balaban J connectivity index is 1.55. The second kappa shape index (κ2) is 7.60. The molecule has 0 aromatic carbocycles. The van der Waals surface area contributed by atoms with Gasteiger partial charge in [0.2, 0.25) is 0 Å². The average molecular weight is 241 g/mol. The van der Waals surface area contributed by atoms with Crippen LogP contribution in [0, 0.1) is 5.92 Å². The molecule has 0 aromatic heterocycles. The van der Waals surface area contributed by atoms with Gasteiger partial charge < -0.3 is 5.32 Å². The van der Waals surface area contributed by atoms with Crippen molar-refractivity contribution in [3.05, 3.63) is 0 Å². The first-order valence-electron chi connectivity index (χ1n) is 7.27. The van der Waals surface area contributed by atoms with E-state index in [0.29, 0.717) is 0 Å². The highest BCUT2D eigenvalue weighted by Crippen LogP contribution is 2.25. The summed E-state index contributed by atoms with van der Waals surface area (Å²) in [6.45, 7) is 2.55. The molecule has 2 fully saturated rings. The third kappa shape index (κ3) is 4.67. The summed E-state index contributed by atoms with van der Waals surface area (Å²) in [5.41, 5.74) is 0. The Morgan fingerprint density at radius 3 is 2.25 bits per heavy atom. The number of hydrogen-bond acceptors (Lipinski definition) is 2. The van der Waals surface area contributed by atoms with Crippen LogP contribution in [0.4, 0.5) is 0 Å². The molecule has 0 spiro atoms. The maximum Gasteiger partial charge on any atom is 0.0172 e. The summed E-state index contributed by atoms with van der Waals surface area (Å²) in [7, 11) is 0. The van der Waals surface area contributed by atoms with Crippen LogP contribution in [0.5, 0.6) is 0 Å². The summed E-state index contributed by atoms with van der Waals surface area (Å²) < 4.78 is 0. The lowest BCUT2D eigenvalue weighted by molar-refractivity contribution is 0.422. The molecule has 1 aliphatic carbocycles. The van der Waals surface area contributed by atoms with E-state index in [9.17, 15) is 0 Å². The molecule has 1 atom stereocenters. The van der Waals surface area contributed by atoms with E-state index in [1.165, 1.54) is 76.6 Å². The summed E-state index contributed by atoms with van der Waals surface area (Å²) in [5, 5.41) is 4.65. The zero-order chi connectivity index (χ0) is 11.1. The van der Waals surface area contributed by atoms with Crippen molar-refractivity contribution in [2.45, 2.75) is 63.0 Å². The Morgan fingerprint density at radius 2 is 1.56 bits per heavy atom. The van der Waals surface area contributed by atoms with E-state index in [2.05, 4.69) is 17.1 Å². The van der Waals surface area contributed by atoms with Crippen molar-refractivity contribution in [1.29, 1.82) is 0 Å². The standard InChI is InChI=1S/C14H27NS/c1-2-4-8-13(7-3-1)11-15-12-14-9-5-6-10-16-14/h13-15H,1-12H2. The molecule has 1 saturated carbocycles. The van der Waals surface area contributed by atoms with Gasteiger partial charge in [0.05, 0.1) is 0 Å². The smallest absolute Gasteiger partial charge is 0.0172 e. The first kappa shape index (κ1) is 12.8. The van der Waals surface area contributed by atoms with Gasteiger partial charge in [0.1, 0.15) is 0 Å². The SMILES string of the molecule is C1CCCC(CNCC2CCCCS2)CC1. The van der Waals surface area contributed by atoms with E-state index in [-0.39, 0.29) is 0 Å². The molecule has 2 rings (SSSR count). The minimum atomic E-state index is 0.916. The molecule has 2 heteroatoms. The van der Waals surface area contributed by atoms with Crippen LogP contribution in [-0.4, -0.2) is 24.1 Å². The number of nitrogens with one attached hydrogen (secondary N) is 1. The van der Waals surface area contributed by atoms with Gasteiger partial charge in [0.15, 0.2) is 0 Å². The van der Waals surface area contributed by atoms with Gasteiger partial charge in [-0.15, -0.1) is 0 Å². The van der Waals surface area contributed by atoms with Crippen molar-refractivity contribution in [3.8, 4) is 0 Å². The summed E-state index contributed by atoms with van der Waals surface area (Å²) >= 11 is 2.19. The maximum absolute atomic E-state index is 3.73. The van der Waals surface area contributed by atoms with Crippen LogP contribution in [0.3, 0.4) is 0 Å². The molecule has 0 radical (unpaired) electrons. The molecule has 2 aliphatic rings. The second-order valence-corrected chi connectivity index (χ2v) is 6.91. The molecule has 1 saturated heterocycles. The van der Waals surface area contributed by atoms with Crippen LogP contribution in [0.2, 0.25) is 0 Å². The Morgan fingerprint density at radius 1 is 0.812 bits per heavy atom. The number of rotatable bonds is 4. The fourth-order valence-electron chi connectivity index (χ4n) is 2.98. The molecule has 16 heavy (non-hydrogen) atoms. The predicted octanol–water partition coefficient (Wildman–Crippen LogP) is 3.83. The molecular formula is C14H27NS. The molecule has 1 unspecified atom stereocenters. The zero-order valence-electron chi connectivity index (χ0n) is 10.5. The molecule has 0 aromatic rings. The molecule has 1 heterocycles. The lowest BCUT2D eigenvalue weighted by atomic mass is 10.0. The van der Waals surface area contributed by atoms with Gasteiger partial charge >= 0.3 is 0 Å². The highest BCUT2D eigenvalue weighted by molar-refractivity contribution is 7.99. The Kier molecular flexibility index (Phi) is 6.06. The number of hydrogen-bond donors (Lipinski definition) is 1. The van der Waals surface area contributed by atoms with Gasteiger partial charge in [-0.1, -0.05) is 32.1 Å². The monoisotopic (exact) mass is 241 g/mol. The van der Waals surface area contributed by atoms with E-state index < -0.39 is 0 Å². The van der Waals surface area contributed by atoms with E-state index in [4.69, 9.17) is 0 Å². The lowest BCUT2D eigenvalue weighted by Gasteiger charge is -2.23. The molecule has 1 N–H and O–H groups in total. The Hall–Kier alpha value is 0.310. The Bertz CT molecular complexity index is 170. The van der Waals surface area contributed by atoms with Gasteiger partial charge in [-0.3, -0.25) is 0 Å². The molecular weight excluding hydrogens is 214 g/mol. The predicted molar refractivity (Wildman–Crippen MR) is 74.2 cm³/mol. The summed E-state index contributed by atoms with van der Waals surface area (Å²) in [6.07, 6.45) is 13.2. The Labute approximate surface area is 105 Å². The quantitative estimate of drug-likeness (QED) is 0.751. The van der Waals surface area contributed by atoms with Crippen LogP contribution in [-0.2, 0) is 0 Å². The van der Waals surface area contributed by atoms with Crippen LogP contribution in [0.1, 0.15) is 57.8 Å². The maximum atomic E-state index is 3.73. The van der Waals surface area contributed by atoms with Gasteiger partial charge in [0.25, 0.3) is 0 Å². The van der Waals surface area contributed by atoms with Crippen LogP contribution in [0.15, 0.2) is 0 Å². The number of thioether (sulfide) groups is 1. The molecule has 0 bridgehead atoms. The van der Waals surface area contributed by atoms with E-state index >= 15 is 0 Å². The van der Waals surface area contributed by atoms with Gasteiger partial charge in [-0.2, -0.15) is 11.8 Å². The van der Waals surface area contributed by atoms with Crippen LogP contribution >= 0.6 is 11.8 Å². The lowest BCUT2D eigenvalue weighted by Crippen LogP contribution is -2.30. The van der Waals surface area contributed by atoms with Crippen LogP contribution < -0.4 is 5.32 Å². The largest absolute Gasteiger partial charge is 0.315 e. The third-order valence-corrected chi connectivity index (χ3v) is 5.45. The molecule has 0 amide bonds. The summed E-state index contributed by atoms with van der Waals surface area (Å²) in [4.78, 5) is 0. The molecule has 94 valence electrons. The highest BCUT2D eigenvalue weighted by atomic mass is 32.2. The first-order valence-corrected chi connectivity index (χ1v) is 8.32. The van der Waals surface area contributed by atoms with Crippen molar-refractivity contribution in [2.75, 3.05) is 18.8 Å². The van der Waals surface area contributed by atoms with Crippen molar-refractivity contribution >= 4 is 11.8 Å². The minimum absolute atomic E-state index is 0.916. The molecule has 1 nitrogen and oxygen atoms in total. The summed E-state index contributed by atoms with van der Waals surface area (Å²) in [5.74, 6) is 2.38. The minimum Gasteiger partial charge on any atom is -0.315 e.